The summed E-state index contributed by atoms with van der Waals surface area (Å²) < 4.78 is 4.54. The van der Waals surface area contributed by atoms with E-state index < -0.39 is 0 Å². The zero-order valence-corrected chi connectivity index (χ0v) is 11.8. The first-order chi connectivity index (χ1) is 8.92. The van der Waals surface area contributed by atoms with Gasteiger partial charge in [-0.15, -0.1) is 0 Å². The van der Waals surface area contributed by atoms with Crippen LogP contribution in [0.5, 0.6) is 0 Å². The van der Waals surface area contributed by atoms with Crippen molar-refractivity contribution in [1.29, 1.82) is 0 Å². The molecule has 0 atom stereocenters. The number of benzene rings is 1. The highest BCUT2D eigenvalue weighted by atomic mass is 16.5. The summed E-state index contributed by atoms with van der Waals surface area (Å²) in [5.41, 5.74) is 2.90. The van der Waals surface area contributed by atoms with Crippen LogP contribution >= 0.6 is 0 Å². The third kappa shape index (κ3) is 5.09. The molecular weight excluding hydrogens is 244 g/mol. The number of methoxy groups -OCH3 is 1. The van der Waals surface area contributed by atoms with Crippen molar-refractivity contribution in [3.63, 3.8) is 0 Å². The Morgan fingerprint density at radius 3 is 2.58 bits per heavy atom. The Balaban J connectivity index is 2.55. The summed E-state index contributed by atoms with van der Waals surface area (Å²) in [6.07, 6.45) is 0. The van der Waals surface area contributed by atoms with E-state index in [0.29, 0.717) is 0 Å². The maximum atomic E-state index is 11.9. The van der Waals surface area contributed by atoms with Gasteiger partial charge in [0.15, 0.2) is 0 Å². The van der Waals surface area contributed by atoms with Crippen LogP contribution in [0.25, 0.3) is 0 Å². The van der Waals surface area contributed by atoms with Crippen LogP contribution in [-0.4, -0.2) is 44.0 Å². The standard InChI is InChI=1S/C14H20N2O3/c1-10-5-6-11(2)12(7-10)15-13(17)8-16(3)9-14(18)19-4/h5-7H,8-9H2,1-4H3,(H,15,17). The van der Waals surface area contributed by atoms with Gasteiger partial charge in [-0.3, -0.25) is 14.5 Å². The number of carbonyl (C=O) groups is 2. The van der Waals surface area contributed by atoms with Gasteiger partial charge in [0.2, 0.25) is 5.91 Å². The number of aryl methyl sites for hydroxylation is 2. The van der Waals surface area contributed by atoms with E-state index in [9.17, 15) is 9.59 Å². The predicted octanol–water partition coefficient (Wildman–Crippen LogP) is 1.35. The molecule has 0 saturated heterocycles. The Morgan fingerprint density at radius 1 is 1.26 bits per heavy atom. The lowest BCUT2D eigenvalue weighted by Gasteiger charge is -2.15. The number of likely N-dealkylation sites (N-methyl/N-ethyl adjacent to an activating group) is 1. The number of rotatable bonds is 5. The summed E-state index contributed by atoms with van der Waals surface area (Å²) in [5.74, 6) is -0.512. The van der Waals surface area contributed by atoms with Crippen molar-refractivity contribution in [2.45, 2.75) is 13.8 Å². The third-order valence-electron chi connectivity index (χ3n) is 2.71. The van der Waals surface area contributed by atoms with E-state index in [4.69, 9.17) is 0 Å². The first-order valence-electron chi connectivity index (χ1n) is 6.05. The highest BCUT2D eigenvalue weighted by molar-refractivity contribution is 5.93. The van der Waals surface area contributed by atoms with Gasteiger partial charge >= 0.3 is 5.97 Å². The summed E-state index contributed by atoms with van der Waals surface area (Å²) in [7, 11) is 3.02. The number of nitrogens with one attached hydrogen (secondary N) is 1. The van der Waals surface area contributed by atoms with Gasteiger partial charge in [0.1, 0.15) is 0 Å². The van der Waals surface area contributed by atoms with E-state index in [1.807, 2.05) is 32.0 Å². The molecule has 5 nitrogen and oxygen atoms in total. The van der Waals surface area contributed by atoms with Gasteiger partial charge in [0, 0.05) is 5.69 Å². The molecule has 0 aliphatic carbocycles. The van der Waals surface area contributed by atoms with E-state index in [2.05, 4.69) is 10.1 Å². The van der Waals surface area contributed by atoms with Gasteiger partial charge in [0.25, 0.3) is 0 Å². The van der Waals surface area contributed by atoms with Crippen molar-refractivity contribution >= 4 is 17.6 Å². The molecule has 1 rings (SSSR count). The van der Waals surface area contributed by atoms with Gasteiger partial charge in [-0.05, 0) is 38.1 Å². The summed E-state index contributed by atoms with van der Waals surface area (Å²) >= 11 is 0. The zero-order chi connectivity index (χ0) is 14.4. The Hall–Kier alpha value is -1.88. The maximum absolute atomic E-state index is 11.9. The van der Waals surface area contributed by atoms with E-state index in [1.54, 1.807) is 11.9 Å². The lowest BCUT2D eigenvalue weighted by Crippen LogP contribution is -2.34. The minimum Gasteiger partial charge on any atom is -0.468 e. The van der Waals surface area contributed by atoms with Crippen LogP contribution in [-0.2, 0) is 14.3 Å². The van der Waals surface area contributed by atoms with Crippen LogP contribution in [0.1, 0.15) is 11.1 Å². The average Bonchev–Trinajstić information content (AvgIpc) is 2.33. The Labute approximate surface area is 113 Å². The molecule has 0 unspecified atom stereocenters. The second-order valence-electron chi connectivity index (χ2n) is 4.61. The number of carbonyl (C=O) groups excluding carboxylic acids is 2. The van der Waals surface area contributed by atoms with Crippen LogP contribution in [0.2, 0.25) is 0 Å². The normalized spacial score (nSPS) is 10.4. The molecule has 0 bridgehead atoms. The van der Waals surface area contributed by atoms with Crippen molar-refractivity contribution < 1.29 is 14.3 Å². The topological polar surface area (TPSA) is 58.6 Å². The molecule has 0 aliphatic rings. The number of hydrogen-bond donors (Lipinski definition) is 1. The molecule has 0 radical (unpaired) electrons. The van der Waals surface area contributed by atoms with Crippen molar-refractivity contribution in [3.8, 4) is 0 Å². The maximum Gasteiger partial charge on any atom is 0.319 e. The number of esters is 1. The summed E-state index contributed by atoms with van der Waals surface area (Å²) in [4.78, 5) is 24.5. The van der Waals surface area contributed by atoms with Crippen molar-refractivity contribution in [3.05, 3.63) is 29.3 Å². The van der Waals surface area contributed by atoms with Gasteiger partial charge in [-0.2, -0.15) is 0 Å². The van der Waals surface area contributed by atoms with Crippen LogP contribution in [0.4, 0.5) is 5.69 Å². The van der Waals surface area contributed by atoms with E-state index >= 15 is 0 Å². The molecule has 0 fully saturated rings. The molecular formula is C14H20N2O3. The predicted molar refractivity (Wildman–Crippen MR) is 74.1 cm³/mol. The highest BCUT2D eigenvalue weighted by Crippen LogP contribution is 2.16. The fraction of sp³-hybridized carbons (Fsp3) is 0.429. The SMILES string of the molecule is COC(=O)CN(C)CC(=O)Nc1cc(C)ccc1C. The van der Waals surface area contributed by atoms with Crippen molar-refractivity contribution in [2.75, 3.05) is 32.6 Å². The lowest BCUT2D eigenvalue weighted by atomic mass is 10.1. The van der Waals surface area contributed by atoms with E-state index in [-0.39, 0.29) is 25.0 Å². The number of amides is 1. The second-order valence-corrected chi connectivity index (χ2v) is 4.61. The minimum absolute atomic E-state index is 0.0940. The molecule has 0 heterocycles. The van der Waals surface area contributed by atoms with Crippen molar-refractivity contribution in [1.82, 2.24) is 4.90 Å². The summed E-state index contributed by atoms with van der Waals surface area (Å²) in [6, 6.07) is 5.88. The smallest absolute Gasteiger partial charge is 0.319 e. The molecule has 0 aliphatic heterocycles. The molecule has 1 aromatic rings. The first kappa shape index (κ1) is 15.2. The van der Waals surface area contributed by atoms with Gasteiger partial charge in [-0.25, -0.2) is 0 Å². The van der Waals surface area contributed by atoms with Crippen LogP contribution < -0.4 is 5.32 Å². The number of hydrogen-bond acceptors (Lipinski definition) is 4. The average molecular weight is 264 g/mol. The third-order valence-corrected chi connectivity index (χ3v) is 2.71. The number of anilines is 1. The zero-order valence-electron chi connectivity index (χ0n) is 11.8. The lowest BCUT2D eigenvalue weighted by molar-refractivity contribution is -0.141. The van der Waals surface area contributed by atoms with Gasteiger partial charge in [0.05, 0.1) is 20.2 Å². The molecule has 104 valence electrons. The number of ether oxygens (including phenoxy) is 1. The fourth-order valence-corrected chi connectivity index (χ4v) is 1.65. The Morgan fingerprint density at radius 2 is 1.95 bits per heavy atom. The molecule has 1 N–H and O–H groups in total. The monoisotopic (exact) mass is 264 g/mol. The molecule has 0 saturated carbocycles. The number of nitrogens with zero attached hydrogens (tertiary/aromatic N) is 1. The van der Waals surface area contributed by atoms with E-state index in [1.165, 1.54) is 7.11 Å². The van der Waals surface area contributed by atoms with Gasteiger partial charge in [-0.1, -0.05) is 12.1 Å². The van der Waals surface area contributed by atoms with Crippen LogP contribution in [0.15, 0.2) is 18.2 Å². The largest absolute Gasteiger partial charge is 0.468 e. The van der Waals surface area contributed by atoms with Crippen LogP contribution in [0.3, 0.4) is 0 Å². The Bertz CT molecular complexity index is 472. The summed E-state index contributed by atoms with van der Waals surface area (Å²) in [5, 5.41) is 2.84. The van der Waals surface area contributed by atoms with Crippen LogP contribution in [0, 0.1) is 13.8 Å². The molecule has 19 heavy (non-hydrogen) atoms. The molecule has 1 aromatic carbocycles. The second kappa shape index (κ2) is 6.89. The molecule has 5 heteroatoms. The molecule has 0 spiro atoms. The minimum atomic E-state index is -0.359. The first-order valence-corrected chi connectivity index (χ1v) is 6.05. The van der Waals surface area contributed by atoms with E-state index in [0.717, 1.165) is 16.8 Å². The van der Waals surface area contributed by atoms with Gasteiger partial charge < -0.3 is 10.1 Å². The molecule has 1 amide bonds. The summed E-state index contributed by atoms with van der Waals surface area (Å²) in [6.45, 7) is 4.14. The Kier molecular flexibility index (Phi) is 5.51. The van der Waals surface area contributed by atoms with Crippen molar-refractivity contribution in [2.24, 2.45) is 0 Å². The quantitative estimate of drug-likeness (QED) is 0.816. The molecule has 0 aromatic heterocycles. The highest BCUT2D eigenvalue weighted by Gasteiger charge is 2.11. The fourth-order valence-electron chi connectivity index (χ4n) is 1.65.